The van der Waals surface area contributed by atoms with Crippen LogP contribution in [0, 0.1) is 0 Å². The van der Waals surface area contributed by atoms with Crippen molar-refractivity contribution in [3.8, 4) is 0 Å². The lowest BCUT2D eigenvalue weighted by atomic mass is 9.86. The average Bonchev–Trinajstić information content (AvgIpc) is 2.52. The molecular weight excluding hydrogens is 312 g/mol. The van der Waals surface area contributed by atoms with Gasteiger partial charge in [0, 0.05) is 39.1 Å². The van der Waals surface area contributed by atoms with E-state index in [0.717, 1.165) is 12.8 Å². The summed E-state index contributed by atoms with van der Waals surface area (Å²) in [7, 11) is 0. The third-order valence-electron chi connectivity index (χ3n) is 4.25. The predicted octanol–water partition coefficient (Wildman–Crippen LogP) is 1.56. The van der Waals surface area contributed by atoms with Gasteiger partial charge >= 0.3 is 5.97 Å². The van der Waals surface area contributed by atoms with Crippen molar-refractivity contribution < 1.29 is 24.2 Å². The number of hydrogen-bond acceptors (Lipinski definition) is 4. The van der Waals surface area contributed by atoms with Gasteiger partial charge in [-0.3, -0.25) is 14.4 Å². The van der Waals surface area contributed by atoms with Crippen LogP contribution in [0.4, 0.5) is 0 Å². The fourth-order valence-corrected chi connectivity index (χ4v) is 3.04. The van der Waals surface area contributed by atoms with Crippen molar-refractivity contribution in [3.63, 3.8) is 0 Å². The van der Waals surface area contributed by atoms with Gasteiger partial charge in [0.05, 0.1) is 12.0 Å². The molecule has 0 atom stereocenters. The number of carbonyl (C=O) groups is 3. The van der Waals surface area contributed by atoms with Gasteiger partial charge in [0.2, 0.25) is 11.8 Å². The van der Waals surface area contributed by atoms with Crippen molar-refractivity contribution >= 4 is 17.8 Å². The van der Waals surface area contributed by atoms with Gasteiger partial charge in [-0.1, -0.05) is 13.8 Å². The predicted molar refractivity (Wildman–Crippen MR) is 89.6 cm³/mol. The minimum Gasteiger partial charge on any atom is -0.481 e. The van der Waals surface area contributed by atoms with Crippen LogP contribution in [0.1, 0.15) is 58.8 Å². The normalized spacial score (nSPS) is 16.4. The number of amides is 2. The van der Waals surface area contributed by atoms with E-state index in [-0.39, 0.29) is 31.1 Å². The van der Waals surface area contributed by atoms with Crippen molar-refractivity contribution in [2.45, 2.75) is 64.3 Å². The van der Waals surface area contributed by atoms with Crippen molar-refractivity contribution in [3.05, 3.63) is 0 Å². The highest BCUT2D eigenvalue weighted by atomic mass is 16.5. The molecule has 0 spiro atoms. The first-order valence-electron chi connectivity index (χ1n) is 8.80. The van der Waals surface area contributed by atoms with Gasteiger partial charge in [-0.05, 0) is 25.7 Å². The largest absolute Gasteiger partial charge is 0.481 e. The minimum absolute atomic E-state index is 0.0203. The lowest BCUT2D eigenvalue weighted by molar-refractivity contribution is -0.141. The Labute approximate surface area is 143 Å². The van der Waals surface area contributed by atoms with Crippen molar-refractivity contribution in [2.75, 3.05) is 26.3 Å². The van der Waals surface area contributed by atoms with E-state index in [1.165, 1.54) is 0 Å². The molecule has 1 aliphatic heterocycles. The van der Waals surface area contributed by atoms with Crippen LogP contribution in [0.15, 0.2) is 0 Å². The molecule has 1 heterocycles. The molecule has 0 aromatic heterocycles. The van der Waals surface area contributed by atoms with Crippen LogP contribution in [-0.2, 0) is 19.1 Å². The monoisotopic (exact) mass is 342 g/mol. The van der Waals surface area contributed by atoms with Gasteiger partial charge in [0.15, 0.2) is 0 Å². The van der Waals surface area contributed by atoms with E-state index in [9.17, 15) is 14.4 Å². The van der Waals surface area contributed by atoms with Crippen molar-refractivity contribution in [1.82, 2.24) is 10.2 Å². The molecule has 7 heteroatoms. The topological polar surface area (TPSA) is 95.9 Å². The second-order valence-corrected chi connectivity index (χ2v) is 6.39. The summed E-state index contributed by atoms with van der Waals surface area (Å²) in [5.41, 5.74) is -0.753. The summed E-state index contributed by atoms with van der Waals surface area (Å²) in [6.45, 7) is 6.32. The van der Waals surface area contributed by atoms with E-state index >= 15 is 0 Å². The van der Waals surface area contributed by atoms with Crippen LogP contribution in [0.5, 0.6) is 0 Å². The van der Waals surface area contributed by atoms with Crippen LogP contribution in [0.2, 0.25) is 0 Å². The Kier molecular flexibility index (Phi) is 8.74. The number of aliphatic carboxylic acids is 1. The Morgan fingerprint density at radius 2 is 1.67 bits per heavy atom. The Hall–Kier alpha value is -1.63. The summed E-state index contributed by atoms with van der Waals surface area (Å²) in [4.78, 5) is 37.3. The molecule has 0 aromatic rings. The molecule has 24 heavy (non-hydrogen) atoms. The molecule has 2 amide bonds. The van der Waals surface area contributed by atoms with Crippen molar-refractivity contribution in [1.29, 1.82) is 0 Å². The third kappa shape index (κ3) is 6.86. The highest BCUT2D eigenvalue weighted by Gasteiger charge is 2.36. The van der Waals surface area contributed by atoms with Crippen molar-refractivity contribution in [2.24, 2.45) is 0 Å². The molecule has 1 fully saturated rings. The molecule has 1 rings (SSSR count). The van der Waals surface area contributed by atoms with Gasteiger partial charge in [-0.2, -0.15) is 0 Å². The van der Waals surface area contributed by atoms with E-state index in [2.05, 4.69) is 5.32 Å². The Morgan fingerprint density at radius 3 is 2.17 bits per heavy atom. The maximum atomic E-state index is 12.2. The number of nitrogens with zero attached hydrogens (tertiary/aromatic N) is 1. The van der Waals surface area contributed by atoms with Crippen LogP contribution in [0.25, 0.3) is 0 Å². The van der Waals surface area contributed by atoms with Crippen LogP contribution >= 0.6 is 0 Å². The number of carboxylic acid groups (broad SMARTS) is 1. The zero-order chi connectivity index (χ0) is 18.0. The highest BCUT2D eigenvalue weighted by molar-refractivity contribution is 5.84. The van der Waals surface area contributed by atoms with E-state index in [0.29, 0.717) is 39.1 Å². The number of nitrogens with one attached hydrogen (secondary N) is 1. The molecule has 0 aromatic carbocycles. The molecular formula is C17H30N2O5. The summed E-state index contributed by atoms with van der Waals surface area (Å²) < 4.78 is 5.27. The van der Waals surface area contributed by atoms with Gasteiger partial charge < -0.3 is 20.1 Å². The van der Waals surface area contributed by atoms with Crippen LogP contribution in [0.3, 0.4) is 0 Å². The smallest absolute Gasteiger partial charge is 0.305 e. The van der Waals surface area contributed by atoms with E-state index in [4.69, 9.17) is 9.84 Å². The number of ether oxygens (including phenoxy) is 1. The molecule has 1 aliphatic rings. The maximum absolute atomic E-state index is 12.2. The molecule has 0 aliphatic carbocycles. The quantitative estimate of drug-likeness (QED) is 0.628. The fraction of sp³-hybridized carbons (Fsp3) is 0.824. The Balaban J connectivity index is 2.53. The molecule has 0 saturated carbocycles. The summed E-state index contributed by atoms with van der Waals surface area (Å²) in [5.74, 6) is -1.22. The Morgan fingerprint density at radius 1 is 1.08 bits per heavy atom. The number of rotatable bonds is 10. The summed E-state index contributed by atoms with van der Waals surface area (Å²) in [6, 6.07) is 0. The summed E-state index contributed by atoms with van der Waals surface area (Å²) in [5, 5.41) is 12.0. The number of hydrogen-bond donors (Lipinski definition) is 2. The van der Waals surface area contributed by atoms with E-state index < -0.39 is 11.5 Å². The average molecular weight is 342 g/mol. The highest BCUT2D eigenvalue weighted by Crippen LogP contribution is 2.25. The first-order valence-corrected chi connectivity index (χ1v) is 8.80. The van der Waals surface area contributed by atoms with E-state index in [1.54, 1.807) is 4.90 Å². The van der Waals surface area contributed by atoms with Gasteiger partial charge in [0.25, 0.3) is 0 Å². The van der Waals surface area contributed by atoms with E-state index in [1.807, 2.05) is 13.8 Å². The molecule has 0 bridgehead atoms. The zero-order valence-corrected chi connectivity index (χ0v) is 14.8. The first kappa shape index (κ1) is 20.4. The summed E-state index contributed by atoms with van der Waals surface area (Å²) in [6.07, 6.45) is 2.87. The SMILES string of the molecule is CCCN(CCC)C(=O)CCC(=O)NC1(CC(=O)O)CCOCC1. The standard InChI is InChI=1S/C17H30N2O5/c1-3-9-19(10-4-2)15(21)6-5-14(20)18-17(13-16(22)23)7-11-24-12-8-17/h3-13H2,1-2H3,(H,18,20)(H,22,23). The maximum Gasteiger partial charge on any atom is 0.305 e. The molecule has 1 saturated heterocycles. The second kappa shape index (κ2) is 10.3. The second-order valence-electron chi connectivity index (χ2n) is 6.39. The fourth-order valence-electron chi connectivity index (χ4n) is 3.04. The van der Waals surface area contributed by atoms with Gasteiger partial charge in [-0.25, -0.2) is 0 Å². The summed E-state index contributed by atoms with van der Waals surface area (Å²) >= 11 is 0. The van der Waals surface area contributed by atoms with Crippen LogP contribution < -0.4 is 5.32 Å². The molecule has 7 nitrogen and oxygen atoms in total. The van der Waals surface area contributed by atoms with Crippen LogP contribution in [-0.4, -0.2) is 59.6 Å². The number of carbonyl (C=O) groups excluding carboxylic acids is 2. The molecule has 138 valence electrons. The molecule has 0 unspecified atom stereocenters. The zero-order valence-electron chi connectivity index (χ0n) is 14.8. The molecule has 0 radical (unpaired) electrons. The molecule has 2 N–H and O–H groups in total. The first-order chi connectivity index (χ1) is 11.4. The van der Waals surface area contributed by atoms with Gasteiger partial charge in [0.1, 0.15) is 0 Å². The van der Waals surface area contributed by atoms with Gasteiger partial charge in [-0.15, -0.1) is 0 Å². The minimum atomic E-state index is -0.939. The third-order valence-corrected chi connectivity index (χ3v) is 4.25. The number of carboxylic acids is 1. The Bertz CT molecular complexity index is 427. The lowest BCUT2D eigenvalue weighted by Gasteiger charge is -2.36. The lowest BCUT2D eigenvalue weighted by Crippen LogP contribution is -2.53.